The first kappa shape index (κ1) is 12.6. The van der Waals surface area contributed by atoms with Crippen molar-refractivity contribution in [3.8, 4) is 0 Å². The first-order valence-electron chi connectivity index (χ1n) is 4.88. The summed E-state index contributed by atoms with van der Waals surface area (Å²) >= 11 is 3.29. The molecule has 2 nitrogen and oxygen atoms in total. The Kier molecular flexibility index (Phi) is 5.22. The molecule has 0 saturated heterocycles. The first-order chi connectivity index (χ1) is 7.09. The average molecular weight is 276 g/mol. The summed E-state index contributed by atoms with van der Waals surface area (Å²) in [7, 11) is 0. The molecular weight excluding hydrogens is 261 g/mol. The van der Waals surface area contributed by atoms with E-state index in [9.17, 15) is 4.39 Å². The van der Waals surface area contributed by atoms with Gasteiger partial charge in [-0.1, -0.05) is 35.8 Å². The number of halogens is 2. The Labute approximate surface area is 97.9 Å². The highest BCUT2D eigenvalue weighted by Crippen LogP contribution is 2.17. The average Bonchev–Trinajstić information content (AvgIpc) is 2.14. The molecular formula is C11H15BrFNO. The molecule has 0 atom stereocenters. The highest BCUT2D eigenvalue weighted by molar-refractivity contribution is 9.10. The summed E-state index contributed by atoms with van der Waals surface area (Å²) < 4.78 is 13.5. The van der Waals surface area contributed by atoms with Crippen LogP contribution in [0.25, 0.3) is 0 Å². The maximum atomic E-state index is 12.8. The van der Waals surface area contributed by atoms with Gasteiger partial charge >= 0.3 is 0 Å². The van der Waals surface area contributed by atoms with Crippen molar-refractivity contribution in [2.24, 2.45) is 5.92 Å². The molecule has 1 N–H and O–H groups in total. The molecule has 4 heteroatoms. The third kappa shape index (κ3) is 4.73. The highest BCUT2D eigenvalue weighted by atomic mass is 79.9. The molecule has 0 radical (unpaired) electrons. The van der Waals surface area contributed by atoms with Gasteiger partial charge in [0.2, 0.25) is 0 Å². The number of hydrogen-bond acceptors (Lipinski definition) is 2. The predicted molar refractivity (Wildman–Crippen MR) is 61.7 cm³/mol. The maximum Gasteiger partial charge on any atom is 0.124 e. The zero-order chi connectivity index (χ0) is 11.3. The number of benzene rings is 1. The Bertz CT molecular complexity index is 317. The summed E-state index contributed by atoms with van der Waals surface area (Å²) in [4.78, 5) is 5.22. The number of rotatable bonds is 5. The van der Waals surface area contributed by atoms with Crippen molar-refractivity contribution in [2.75, 3.05) is 6.61 Å². The SMILES string of the molecule is CC(C)CONCc1ccc(F)cc1Br. The Morgan fingerprint density at radius 1 is 1.47 bits per heavy atom. The molecule has 0 aromatic heterocycles. The lowest BCUT2D eigenvalue weighted by atomic mass is 10.2. The molecule has 1 rings (SSSR count). The molecule has 0 heterocycles. The van der Waals surface area contributed by atoms with Gasteiger partial charge in [0.1, 0.15) is 5.82 Å². The summed E-state index contributed by atoms with van der Waals surface area (Å²) in [6, 6.07) is 4.61. The van der Waals surface area contributed by atoms with Crippen LogP contribution < -0.4 is 5.48 Å². The topological polar surface area (TPSA) is 21.3 Å². The number of hydrogen-bond donors (Lipinski definition) is 1. The van der Waals surface area contributed by atoms with Crippen molar-refractivity contribution in [1.82, 2.24) is 5.48 Å². The molecule has 0 bridgehead atoms. The van der Waals surface area contributed by atoms with E-state index >= 15 is 0 Å². The minimum Gasteiger partial charge on any atom is -0.301 e. The lowest BCUT2D eigenvalue weighted by molar-refractivity contribution is 0.0195. The van der Waals surface area contributed by atoms with Crippen molar-refractivity contribution in [3.63, 3.8) is 0 Å². The molecule has 0 amide bonds. The molecule has 0 aliphatic rings. The van der Waals surface area contributed by atoms with Crippen LogP contribution in [0.3, 0.4) is 0 Å². The monoisotopic (exact) mass is 275 g/mol. The van der Waals surface area contributed by atoms with E-state index in [0.717, 1.165) is 10.0 Å². The van der Waals surface area contributed by atoms with E-state index in [4.69, 9.17) is 4.84 Å². The highest BCUT2D eigenvalue weighted by Gasteiger charge is 2.01. The molecule has 1 aromatic carbocycles. The number of hydroxylamine groups is 1. The van der Waals surface area contributed by atoms with Crippen molar-refractivity contribution < 1.29 is 9.23 Å². The Morgan fingerprint density at radius 2 is 2.20 bits per heavy atom. The normalized spacial score (nSPS) is 11.0. The van der Waals surface area contributed by atoms with Crippen molar-refractivity contribution in [3.05, 3.63) is 34.1 Å². The Hall–Kier alpha value is -0.450. The van der Waals surface area contributed by atoms with E-state index in [1.165, 1.54) is 12.1 Å². The Morgan fingerprint density at radius 3 is 2.80 bits per heavy atom. The molecule has 1 aromatic rings. The van der Waals surface area contributed by atoms with Gasteiger partial charge in [-0.2, -0.15) is 5.48 Å². The minimum atomic E-state index is -0.242. The Balaban J connectivity index is 2.37. The van der Waals surface area contributed by atoms with Crippen molar-refractivity contribution in [1.29, 1.82) is 0 Å². The second-order valence-electron chi connectivity index (χ2n) is 3.76. The van der Waals surface area contributed by atoms with Crippen molar-refractivity contribution >= 4 is 15.9 Å². The van der Waals surface area contributed by atoms with Gasteiger partial charge in [-0.3, -0.25) is 0 Å². The summed E-state index contributed by atoms with van der Waals surface area (Å²) in [6.45, 7) is 5.39. The second-order valence-corrected chi connectivity index (χ2v) is 4.62. The van der Waals surface area contributed by atoms with E-state index in [-0.39, 0.29) is 5.82 Å². The maximum absolute atomic E-state index is 12.8. The van der Waals surface area contributed by atoms with Crippen LogP contribution in [0.15, 0.2) is 22.7 Å². The van der Waals surface area contributed by atoms with Crippen LogP contribution in [-0.2, 0) is 11.4 Å². The molecule has 0 fully saturated rings. The van der Waals surface area contributed by atoms with Crippen molar-refractivity contribution in [2.45, 2.75) is 20.4 Å². The van der Waals surface area contributed by atoms with Gasteiger partial charge in [0.05, 0.1) is 6.61 Å². The quantitative estimate of drug-likeness (QED) is 0.658. The lowest BCUT2D eigenvalue weighted by Crippen LogP contribution is -2.17. The smallest absolute Gasteiger partial charge is 0.124 e. The lowest BCUT2D eigenvalue weighted by Gasteiger charge is -2.09. The summed E-state index contributed by atoms with van der Waals surface area (Å²) in [6.07, 6.45) is 0. The van der Waals surface area contributed by atoms with Gasteiger partial charge in [0.25, 0.3) is 0 Å². The summed E-state index contributed by atoms with van der Waals surface area (Å²) in [5.74, 6) is 0.253. The van der Waals surface area contributed by atoms with Crippen LogP contribution in [0.1, 0.15) is 19.4 Å². The van der Waals surface area contributed by atoms with Crippen LogP contribution in [0.5, 0.6) is 0 Å². The zero-order valence-electron chi connectivity index (χ0n) is 8.89. The van der Waals surface area contributed by atoms with Crippen LogP contribution in [0.2, 0.25) is 0 Å². The van der Waals surface area contributed by atoms with Crippen LogP contribution in [0.4, 0.5) is 4.39 Å². The van der Waals surface area contributed by atoms with Gasteiger partial charge in [-0.05, 0) is 23.6 Å². The van der Waals surface area contributed by atoms with Crippen LogP contribution >= 0.6 is 15.9 Å². The molecule has 0 aliphatic carbocycles. The van der Waals surface area contributed by atoms with Gasteiger partial charge in [-0.15, -0.1) is 0 Å². The minimum absolute atomic E-state index is 0.242. The second kappa shape index (κ2) is 6.20. The molecule has 84 valence electrons. The fourth-order valence-electron chi connectivity index (χ4n) is 1.02. The van der Waals surface area contributed by atoms with Gasteiger partial charge in [-0.25, -0.2) is 4.39 Å². The zero-order valence-corrected chi connectivity index (χ0v) is 10.5. The third-order valence-electron chi connectivity index (χ3n) is 1.80. The van der Waals surface area contributed by atoms with Crippen LogP contribution in [0, 0.1) is 11.7 Å². The third-order valence-corrected chi connectivity index (χ3v) is 2.53. The van der Waals surface area contributed by atoms with E-state index in [1.54, 1.807) is 6.07 Å². The first-order valence-corrected chi connectivity index (χ1v) is 5.67. The van der Waals surface area contributed by atoms with E-state index in [2.05, 4.69) is 35.3 Å². The summed E-state index contributed by atoms with van der Waals surface area (Å²) in [5, 5.41) is 0. The predicted octanol–water partition coefficient (Wildman–Crippen LogP) is 3.27. The fourth-order valence-corrected chi connectivity index (χ4v) is 1.51. The standard InChI is InChI=1S/C11H15BrFNO/c1-8(2)7-15-14-6-9-3-4-10(13)5-11(9)12/h3-5,8,14H,6-7H2,1-2H3. The van der Waals surface area contributed by atoms with E-state index < -0.39 is 0 Å². The molecule has 0 saturated carbocycles. The number of nitrogens with one attached hydrogen (secondary N) is 1. The van der Waals surface area contributed by atoms with E-state index in [1.807, 2.05) is 0 Å². The summed E-state index contributed by atoms with van der Waals surface area (Å²) in [5.41, 5.74) is 3.81. The van der Waals surface area contributed by atoms with Gasteiger partial charge in [0, 0.05) is 11.0 Å². The van der Waals surface area contributed by atoms with Crippen LogP contribution in [-0.4, -0.2) is 6.61 Å². The molecule has 0 unspecified atom stereocenters. The van der Waals surface area contributed by atoms with Gasteiger partial charge < -0.3 is 4.84 Å². The van der Waals surface area contributed by atoms with E-state index in [0.29, 0.717) is 19.1 Å². The van der Waals surface area contributed by atoms with Gasteiger partial charge in [0.15, 0.2) is 0 Å². The largest absolute Gasteiger partial charge is 0.301 e. The molecule has 0 aliphatic heterocycles. The molecule has 15 heavy (non-hydrogen) atoms. The fraction of sp³-hybridized carbons (Fsp3) is 0.455. The molecule has 0 spiro atoms.